The summed E-state index contributed by atoms with van der Waals surface area (Å²) in [4.78, 5) is 22.5. The van der Waals surface area contributed by atoms with Crippen LogP contribution < -0.4 is 5.32 Å². The van der Waals surface area contributed by atoms with Gasteiger partial charge in [0.05, 0.1) is 6.54 Å². The van der Waals surface area contributed by atoms with Crippen LogP contribution in [0.25, 0.3) is 0 Å². The van der Waals surface area contributed by atoms with E-state index < -0.39 is 6.09 Å². The number of carbonyl (C=O) groups is 2. The van der Waals surface area contributed by atoms with Gasteiger partial charge in [-0.1, -0.05) is 45.4 Å². The Bertz CT molecular complexity index is 247. The van der Waals surface area contributed by atoms with Gasteiger partial charge >= 0.3 is 6.09 Å². The molecule has 0 fully saturated rings. The van der Waals surface area contributed by atoms with Crippen LogP contribution in [0.4, 0.5) is 4.79 Å². The molecule has 0 saturated heterocycles. The van der Waals surface area contributed by atoms with E-state index in [4.69, 9.17) is 5.11 Å². The molecule has 0 bridgehead atoms. The van der Waals surface area contributed by atoms with Gasteiger partial charge in [0.25, 0.3) is 0 Å². The molecule has 0 spiro atoms. The monoisotopic (exact) mass is 272 g/mol. The van der Waals surface area contributed by atoms with Gasteiger partial charge in [-0.2, -0.15) is 0 Å². The number of nitrogens with one attached hydrogen (secondary N) is 1. The molecule has 19 heavy (non-hydrogen) atoms. The number of carbonyl (C=O) groups excluding carboxylic acids is 1. The van der Waals surface area contributed by atoms with Crippen molar-refractivity contribution in [3.63, 3.8) is 0 Å². The molecule has 1 amide bonds. The summed E-state index contributed by atoms with van der Waals surface area (Å²) in [6, 6.07) is 0.127. The highest BCUT2D eigenvalue weighted by atomic mass is 16.4. The van der Waals surface area contributed by atoms with Gasteiger partial charge < -0.3 is 15.2 Å². The summed E-state index contributed by atoms with van der Waals surface area (Å²) in [7, 11) is 1.84. The lowest BCUT2D eigenvalue weighted by Crippen LogP contribution is -2.42. The molecule has 0 saturated carbocycles. The Morgan fingerprint density at radius 3 is 2.42 bits per heavy atom. The van der Waals surface area contributed by atoms with E-state index in [0.29, 0.717) is 12.8 Å². The van der Waals surface area contributed by atoms with Gasteiger partial charge in [-0.15, -0.1) is 0 Å². The molecule has 5 nitrogen and oxygen atoms in total. The fourth-order valence-electron chi connectivity index (χ4n) is 2.08. The Morgan fingerprint density at radius 2 is 1.89 bits per heavy atom. The molecule has 0 rings (SSSR count). The normalized spacial score (nSPS) is 12.1. The van der Waals surface area contributed by atoms with E-state index in [1.165, 1.54) is 32.1 Å². The summed E-state index contributed by atoms with van der Waals surface area (Å²) in [5.41, 5.74) is 0. The van der Waals surface area contributed by atoms with Crippen LogP contribution in [0.15, 0.2) is 0 Å². The van der Waals surface area contributed by atoms with Gasteiger partial charge in [0.2, 0.25) is 0 Å². The van der Waals surface area contributed by atoms with Gasteiger partial charge in [-0.25, -0.2) is 4.79 Å². The summed E-state index contributed by atoms with van der Waals surface area (Å²) >= 11 is 0. The van der Waals surface area contributed by atoms with Crippen molar-refractivity contribution in [2.24, 2.45) is 0 Å². The summed E-state index contributed by atoms with van der Waals surface area (Å²) in [6.45, 7) is 2.52. The largest absolute Gasteiger partial charge is 0.465 e. The van der Waals surface area contributed by atoms with Crippen molar-refractivity contribution in [2.75, 3.05) is 20.1 Å². The van der Waals surface area contributed by atoms with Gasteiger partial charge in [-0.05, 0) is 13.5 Å². The van der Waals surface area contributed by atoms with E-state index in [1.807, 2.05) is 7.05 Å². The molecule has 0 aliphatic heterocycles. The minimum absolute atomic E-state index is 0.0516. The number of aldehydes is 1. The highest BCUT2D eigenvalue weighted by Crippen LogP contribution is 2.09. The fraction of sp³-hybridized carbons (Fsp3) is 0.857. The number of unbranched alkanes of at least 4 members (excludes halogenated alkanes) is 5. The van der Waals surface area contributed by atoms with Crippen LogP contribution in [0.3, 0.4) is 0 Å². The third kappa shape index (κ3) is 9.47. The lowest BCUT2D eigenvalue weighted by atomic mass is 10.1. The van der Waals surface area contributed by atoms with E-state index in [2.05, 4.69) is 12.2 Å². The predicted octanol–water partition coefficient (Wildman–Crippen LogP) is 2.50. The number of amides is 1. The SMILES string of the molecule is CCCCCCCCC(CN(CC=O)C(=O)O)NC. The van der Waals surface area contributed by atoms with Crippen LogP contribution in [0, 0.1) is 0 Å². The molecule has 0 radical (unpaired) electrons. The standard InChI is InChI=1S/C14H28N2O3/c1-3-4-5-6-7-8-9-13(15-2)12-16(10-11-17)14(18)19/h11,13,15H,3-10,12H2,1-2H3,(H,18,19). The first-order chi connectivity index (χ1) is 9.15. The molecule has 112 valence electrons. The molecule has 0 aromatic rings. The summed E-state index contributed by atoms with van der Waals surface area (Å²) < 4.78 is 0. The Labute approximate surface area is 116 Å². The molecular weight excluding hydrogens is 244 g/mol. The minimum atomic E-state index is -1.03. The maximum atomic E-state index is 10.9. The summed E-state index contributed by atoms with van der Waals surface area (Å²) in [6.07, 6.45) is 7.92. The van der Waals surface area contributed by atoms with Gasteiger partial charge in [0.1, 0.15) is 6.29 Å². The summed E-state index contributed by atoms with van der Waals surface area (Å²) in [5.74, 6) is 0. The lowest BCUT2D eigenvalue weighted by molar-refractivity contribution is -0.108. The third-order valence-electron chi connectivity index (χ3n) is 3.32. The first-order valence-corrected chi connectivity index (χ1v) is 7.24. The molecule has 1 atom stereocenters. The van der Waals surface area contributed by atoms with E-state index in [0.717, 1.165) is 17.7 Å². The highest BCUT2D eigenvalue weighted by molar-refractivity contribution is 5.69. The predicted molar refractivity (Wildman–Crippen MR) is 76.5 cm³/mol. The zero-order valence-corrected chi connectivity index (χ0v) is 12.2. The maximum absolute atomic E-state index is 10.9. The molecule has 0 aliphatic rings. The van der Waals surface area contributed by atoms with Crippen molar-refractivity contribution < 1.29 is 14.7 Å². The average molecular weight is 272 g/mol. The van der Waals surface area contributed by atoms with Crippen molar-refractivity contribution in [3.05, 3.63) is 0 Å². The van der Waals surface area contributed by atoms with Crippen molar-refractivity contribution >= 4 is 12.4 Å². The molecule has 2 N–H and O–H groups in total. The number of carboxylic acid groups (broad SMARTS) is 1. The highest BCUT2D eigenvalue weighted by Gasteiger charge is 2.16. The number of rotatable bonds is 12. The zero-order valence-electron chi connectivity index (χ0n) is 12.2. The second-order valence-electron chi connectivity index (χ2n) is 4.90. The minimum Gasteiger partial charge on any atom is -0.465 e. The van der Waals surface area contributed by atoms with E-state index in [1.54, 1.807) is 0 Å². The second kappa shape index (κ2) is 12.0. The average Bonchev–Trinajstić information content (AvgIpc) is 2.40. The Hall–Kier alpha value is -1.10. The van der Waals surface area contributed by atoms with Crippen LogP contribution in [0.5, 0.6) is 0 Å². The van der Waals surface area contributed by atoms with Crippen LogP contribution in [-0.4, -0.2) is 48.6 Å². The molecular formula is C14H28N2O3. The molecule has 0 aromatic carbocycles. The Balaban J connectivity index is 3.85. The van der Waals surface area contributed by atoms with E-state index >= 15 is 0 Å². The first kappa shape index (κ1) is 17.9. The van der Waals surface area contributed by atoms with Crippen molar-refractivity contribution in [2.45, 2.75) is 57.9 Å². The molecule has 5 heteroatoms. The van der Waals surface area contributed by atoms with Crippen LogP contribution >= 0.6 is 0 Å². The van der Waals surface area contributed by atoms with Crippen molar-refractivity contribution in [3.8, 4) is 0 Å². The third-order valence-corrected chi connectivity index (χ3v) is 3.32. The molecule has 0 aromatic heterocycles. The van der Waals surface area contributed by atoms with Gasteiger partial charge in [-0.3, -0.25) is 4.90 Å². The van der Waals surface area contributed by atoms with Gasteiger partial charge in [0.15, 0.2) is 0 Å². The maximum Gasteiger partial charge on any atom is 0.407 e. The van der Waals surface area contributed by atoms with E-state index in [9.17, 15) is 9.59 Å². The molecule has 1 unspecified atom stereocenters. The smallest absolute Gasteiger partial charge is 0.407 e. The summed E-state index contributed by atoms with van der Waals surface area (Å²) in [5, 5.41) is 12.1. The number of hydrogen-bond acceptors (Lipinski definition) is 3. The molecule has 0 aliphatic carbocycles. The topological polar surface area (TPSA) is 69.6 Å². The second-order valence-corrected chi connectivity index (χ2v) is 4.90. The fourth-order valence-corrected chi connectivity index (χ4v) is 2.08. The first-order valence-electron chi connectivity index (χ1n) is 7.24. The van der Waals surface area contributed by atoms with Gasteiger partial charge in [0, 0.05) is 12.6 Å². The number of likely N-dealkylation sites (N-methyl/N-ethyl adjacent to an activating group) is 1. The van der Waals surface area contributed by atoms with Crippen molar-refractivity contribution in [1.82, 2.24) is 10.2 Å². The van der Waals surface area contributed by atoms with E-state index in [-0.39, 0.29) is 12.6 Å². The lowest BCUT2D eigenvalue weighted by Gasteiger charge is -2.23. The quantitative estimate of drug-likeness (QED) is 0.423. The Kier molecular flexibility index (Phi) is 11.3. The van der Waals surface area contributed by atoms with Crippen LogP contribution in [0.2, 0.25) is 0 Å². The number of hydrogen-bond donors (Lipinski definition) is 2. The van der Waals surface area contributed by atoms with Crippen LogP contribution in [-0.2, 0) is 4.79 Å². The van der Waals surface area contributed by atoms with Crippen LogP contribution in [0.1, 0.15) is 51.9 Å². The van der Waals surface area contributed by atoms with Crippen molar-refractivity contribution in [1.29, 1.82) is 0 Å². The molecule has 0 heterocycles. The number of nitrogens with zero attached hydrogens (tertiary/aromatic N) is 1. The Morgan fingerprint density at radius 1 is 1.26 bits per heavy atom. The zero-order chi connectivity index (χ0) is 14.5.